The first kappa shape index (κ1) is 13.8. The molecule has 0 bridgehead atoms. The van der Waals surface area contributed by atoms with Crippen molar-refractivity contribution in [3.63, 3.8) is 0 Å². The summed E-state index contributed by atoms with van der Waals surface area (Å²) in [7, 11) is 1.57. The van der Waals surface area contributed by atoms with Gasteiger partial charge in [-0.25, -0.2) is 5.48 Å². The third-order valence-corrected chi connectivity index (χ3v) is 2.91. The monoisotopic (exact) mass is 270 g/mol. The van der Waals surface area contributed by atoms with Crippen molar-refractivity contribution in [1.29, 1.82) is 0 Å². The molecule has 0 aliphatic carbocycles. The summed E-state index contributed by atoms with van der Waals surface area (Å²) >= 11 is 0. The van der Waals surface area contributed by atoms with Gasteiger partial charge < -0.3 is 5.32 Å². The van der Waals surface area contributed by atoms with Crippen molar-refractivity contribution in [1.82, 2.24) is 10.8 Å². The first-order valence-electron chi connectivity index (χ1n) is 6.02. The van der Waals surface area contributed by atoms with E-state index in [4.69, 9.17) is 5.21 Å². The van der Waals surface area contributed by atoms with Gasteiger partial charge in [0.2, 0.25) is 0 Å². The Morgan fingerprint density at radius 2 is 1.40 bits per heavy atom. The molecule has 0 heterocycles. The number of rotatable bonds is 3. The Hall–Kier alpha value is -2.66. The molecule has 0 saturated heterocycles. The van der Waals surface area contributed by atoms with Crippen LogP contribution in [-0.2, 0) is 0 Å². The number of hydroxylamine groups is 1. The Morgan fingerprint density at radius 1 is 0.900 bits per heavy atom. The zero-order valence-electron chi connectivity index (χ0n) is 10.9. The van der Waals surface area contributed by atoms with E-state index in [0.717, 1.165) is 11.1 Å². The quantitative estimate of drug-likeness (QED) is 0.588. The van der Waals surface area contributed by atoms with Crippen LogP contribution in [0.4, 0.5) is 0 Å². The minimum Gasteiger partial charge on any atom is -0.355 e. The van der Waals surface area contributed by atoms with Crippen LogP contribution in [0.1, 0.15) is 20.7 Å². The number of nitrogens with one attached hydrogen (secondary N) is 2. The fraction of sp³-hybridized carbons (Fsp3) is 0.0667. The molecule has 0 atom stereocenters. The van der Waals surface area contributed by atoms with Gasteiger partial charge in [0.15, 0.2) is 0 Å². The second-order valence-electron chi connectivity index (χ2n) is 4.18. The highest BCUT2D eigenvalue weighted by atomic mass is 16.5. The van der Waals surface area contributed by atoms with Crippen molar-refractivity contribution >= 4 is 11.8 Å². The number of amides is 2. The maximum Gasteiger partial charge on any atom is 0.274 e. The predicted molar refractivity (Wildman–Crippen MR) is 74.5 cm³/mol. The van der Waals surface area contributed by atoms with Gasteiger partial charge >= 0.3 is 0 Å². The fourth-order valence-corrected chi connectivity index (χ4v) is 1.89. The average Bonchev–Trinajstić information content (AvgIpc) is 2.53. The summed E-state index contributed by atoms with van der Waals surface area (Å²) in [6, 6.07) is 13.9. The van der Waals surface area contributed by atoms with E-state index in [1.807, 2.05) is 12.1 Å². The molecule has 5 heteroatoms. The van der Waals surface area contributed by atoms with Crippen LogP contribution in [-0.4, -0.2) is 24.1 Å². The van der Waals surface area contributed by atoms with Gasteiger partial charge in [-0.1, -0.05) is 24.3 Å². The summed E-state index contributed by atoms with van der Waals surface area (Å²) in [5.41, 5.74) is 4.09. The highest BCUT2D eigenvalue weighted by Gasteiger charge is 2.08. The first-order valence-corrected chi connectivity index (χ1v) is 6.02. The van der Waals surface area contributed by atoms with E-state index in [9.17, 15) is 9.59 Å². The maximum absolute atomic E-state index is 11.6. The summed E-state index contributed by atoms with van der Waals surface area (Å²) in [5, 5.41) is 11.2. The topological polar surface area (TPSA) is 78.4 Å². The lowest BCUT2D eigenvalue weighted by molar-refractivity contribution is 0.0706. The molecule has 0 radical (unpaired) electrons. The van der Waals surface area contributed by atoms with Crippen LogP contribution in [0.3, 0.4) is 0 Å². The van der Waals surface area contributed by atoms with Crippen LogP contribution in [0, 0.1) is 0 Å². The maximum atomic E-state index is 11.6. The Balaban J connectivity index is 2.41. The molecular weight excluding hydrogens is 256 g/mol. The molecule has 0 aliphatic heterocycles. The van der Waals surface area contributed by atoms with Crippen molar-refractivity contribution in [3.8, 4) is 11.1 Å². The largest absolute Gasteiger partial charge is 0.355 e. The zero-order chi connectivity index (χ0) is 14.5. The standard InChI is InChI=1S/C15H14N2O3/c1-16-14(18)12-6-2-4-10(8-12)11-5-3-7-13(9-11)15(19)17-20/h2-9,20H,1H3,(H,16,18)(H,17,19). The Labute approximate surface area is 116 Å². The summed E-state index contributed by atoms with van der Waals surface area (Å²) in [4.78, 5) is 23.0. The van der Waals surface area contributed by atoms with Gasteiger partial charge in [-0.15, -0.1) is 0 Å². The molecule has 0 fully saturated rings. The van der Waals surface area contributed by atoms with Crippen LogP contribution in [0.5, 0.6) is 0 Å². The fourth-order valence-electron chi connectivity index (χ4n) is 1.89. The third-order valence-electron chi connectivity index (χ3n) is 2.91. The highest BCUT2D eigenvalue weighted by molar-refractivity contribution is 5.96. The molecule has 2 amide bonds. The van der Waals surface area contributed by atoms with Crippen LogP contribution >= 0.6 is 0 Å². The Kier molecular flexibility index (Phi) is 4.12. The molecule has 2 aromatic rings. The molecule has 102 valence electrons. The van der Waals surface area contributed by atoms with Crippen LogP contribution in [0.2, 0.25) is 0 Å². The normalized spacial score (nSPS) is 9.90. The lowest BCUT2D eigenvalue weighted by Crippen LogP contribution is -2.18. The minimum absolute atomic E-state index is 0.170. The van der Waals surface area contributed by atoms with E-state index < -0.39 is 5.91 Å². The minimum atomic E-state index is -0.575. The molecular formula is C15H14N2O3. The van der Waals surface area contributed by atoms with Crippen molar-refractivity contribution in [2.45, 2.75) is 0 Å². The lowest BCUT2D eigenvalue weighted by Gasteiger charge is -2.06. The van der Waals surface area contributed by atoms with Crippen molar-refractivity contribution in [3.05, 3.63) is 59.7 Å². The smallest absolute Gasteiger partial charge is 0.274 e. The summed E-state index contributed by atoms with van der Waals surface area (Å²) < 4.78 is 0. The van der Waals surface area contributed by atoms with Crippen LogP contribution < -0.4 is 10.8 Å². The molecule has 0 saturated carbocycles. The van der Waals surface area contributed by atoms with E-state index in [0.29, 0.717) is 11.1 Å². The molecule has 0 aliphatic rings. The molecule has 3 N–H and O–H groups in total. The number of hydrogen-bond donors (Lipinski definition) is 3. The molecule has 5 nitrogen and oxygen atoms in total. The summed E-state index contributed by atoms with van der Waals surface area (Å²) in [6.07, 6.45) is 0. The Bertz CT molecular complexity index is 596. The van der Waals surface area contributed by atoms with E-state index in [1.165, 1.54) is 0 Å². The summed E-state index contributed by atoms with van der Waals surface area (Å²) in [6.45, 7) is 0. The zero-order valence-corrected chi connectivity index (χ0v) is 10.9. The lowest BCUT2D eigenvalue weighted by atomic mass is 10.0. The molecule has 0 spiro atoms. The molecule has 2 rings (SSSR count). The van der Waals surface area contributed by atoms with Crippen molar-refractivity contribution < 1.29 is 14.8 Å². The van der Waals surface area contributed by atoms with E-state index in [1.54, 1.807) is 48.9 Å². The van der Waals surface area contributed by atoms with Crippen molar-refractivity contribution in [2.24, 2.45) is 0 Å². The molecule has 2 aromatic carbocycles. The van der Waals surface area contributed by atoms with Crippen molar-refractivity contribution in [2.75, 3.05) is 7.05 Å². The van der Waals surface area contributed by atoms with E-state index >= 15 is 0 Å². The van der Waals surface area contributed by atoms with Gasteiger partial charge in [0, 0.05) is 18.2 Å². The third kappa shape index (κ3) is 2.84. The first-order chi connectivity index (χ1) is 9.65. The second kappa shape index (κ2) is 5.99. The van der Waals surface area contributed by atoms with E-state index in [2.05, 4.69) is 5.32 Å². The van der Waals surface area contributed by atoms with Gasteiger partial charge in [0.05, 0.1) is 0 Å². The molecule has 20 heavy (non-hydrogen) atoms. The molecule has 0 aromatic heterocycles. The number of carbonyl (C=O) groups is 2. The number of benzene rings is 2. The predicted octanol–water partition coefficient (Wildman–Crippen LogP) is 1.83. The van der Waals surface area contributed by atoms with Gasteiger partial charge in [-0.3, -0.25) is 14.8 Å². The number of carbonyl (C=O) groups excluding carboxylic acids is 2. The Morgan fingerprint density at radius 3 is 1.85 bits per heavy atom. The van der Waals surface area contributed by atoms with Gasteiger partial charge in [0.1, 0.15) is 0 Å². The summed E-state index contributed by atoms with van der Waals surface area (Å²) in [5.74, 6) is -0.745. The van der Waals surface area contributed by atoms with Gasteiger partial charge in [0.25, 0.3) is 11.8 Å². The van der Waals surface area contributed by atoms with E-state index in [-0.39, 0.29) is 5.91 Å². The highest BCUT2D eigenvalue weighted by Crippen LogP contribution is 2.21. The molecule has 0 unspecified atom stereocenters. The van der Waals surface area contributed by atoms with Crippen LogP contribution in [0.15, 0.2) is 48.5 Å². The van der Waals surface area contributed by atoms with Gasteiger partial charge in [-0.2, -0.15) is 0 Å². The number of hydrogen-bond acceptors (Lipinski definition) is 3. The SMILES string of the molecule is CNC(=O)c1cccc(-c2cccc(C(=O)NO)c2)c1. The van der Waals surface area contributed by atoms with Crippen LogP contribution in [0.25, 0.3) is 11.1 Å². The average molecular weight is 270 g/mol. The van der Waals surface area contributed by atoms with Gasteiger partial charge in [-0.05, 0) is 35.4 Å². The second-order valence-corrected chi connectivity index (χ2v) is 4.18.